The molecule has 0 unspecified atom stereocenters. The number of aromatic nitrogens is 1. The number of nitrogens with zero attached hydrogens (tertiary/aromatic N) is 1. The van der Waals surface area contributed by atoms with Gasteiger partial charge < -0.3 is 4.74 Å². The molecule has 1 heterocycles. The fraction of sp³-hybridized carbons (Fsp3) is 0.600. The molecule has 4 saturated carbocycles. The van der Waals surface area contributed by atoms with Crippen molar-refractivity contribution in [1.29, 1.82) is 0 Å². The Hall–Kier alpha value is -1.68. The van der Waals surface area contributed by atoms with Crippen LogP contribution in [0.1, 0.15) is 61.6 Å². The second-order valence-corrected chi connectivity index (χ2v) is 11.2. The highest BCUT2D eigenvalue weighted by molar-refractivity contribution is 7.09. The molecule has 0 radical (unpaired) electrons. The number of carbonyl (C=O) groups is 1. The average Bonchev–Trinajstić information content (AvgIpc) is 3.00. The zero-order valence-corrected chi connectivity index (χ0v) is 18.5. The second kappa shape index (κ2) is 7.23. The standard InChI is InChI=1S/C25H32NO2S/c1-18-22(29-17-26(18)15-19-6-4-3-5-7-19)8-9-28-23(27)25-13-20-10-21(14-25)12-24(2,11-20)16-25/h3-7,17,20-21H,8-16H2,1-2H3/q+1/t20-,21-,24?,25?/m1/s1. The number of rotatable bonds is 6. The molecule has 0 spiro atoms. The van der Waals surface area contributed by atoms with Gasteiger partial charge in [-0.3, -0.25) is 4.79 Å². The molecule has 3 nitrogen and oxygen atoms in total. The first-order valence-corrected chi connectivity index (χ1v) is 12.0. The Morgan fingerprint density at radius 1 is 1.17 bits per heavy atom. The Kier molecular flexibility index (Phi) is 4.81. The number of ether oxygens (including phenoxy) is 1. The van der Waals surface area contributed by atoms with Gasteiger partial charge in [-0.05, 0) is 55.8 Å². The topological polar surface area (TPSA) is 30.2 Å². The lowest BCUT2D eigenvalue weighted by Gasteiger charge is -2.59. The van der Waals surface area contributed by atoms with Crippen molar-refractivity contribution in [3.63, 3.8) is 0 Å². The summed E-state index contributed by atoms with van der Waals surface area (Å²) in [6.45, 7) is 6.00. The maximum Gasteiger partial charge on any atom is 0.312 e. The van der Waals surface area contributed by atoms with Crippen molar-refractivity contribution in [3.8, 4) is 0 Å². The molecule has 1 aromatic heterocycles. The molecule has 4 aliphatic carbocycles. The summed E-state index contributed by atoms with van der Waals surface area (Å²) in [5.74, 6) is 1.61. The van der Waals surface area contributed by atoms with Crippen LogP contribution >= 0.6 is 11.3 Å². The van der Waals surface area contributed by atoms with Crippen LogP contribution in [0, 0.1) is 29.6 Å². The molecule has 4 aliphatic rings. The summed E-state index contributed by atoms with van der Waals surface area (Å²) in [6.07, 6.45) is 8.04. The summed E-state index contributed by atoms with van der Waals surface area (Å²) in [5.41, 5.74) is 5.01. The first kappa shape index (κ1) is 19.3. The van der Waals surface area contributed by atoms with E-state index >= 15 is 0 Å². The van der Waals surface area contributed by atoms with E-state index in [1.54, 1.807) is 11.3 Å². The van der Waals surface area contributed by atoms with Gasteiger partial charge in [-0.2, -0.15) is 4.57 Å². The minimum Gasteiger partial charge on any atom is -0.465 e. The molecule has 4 bridgehead atoms. The van der Waals surface area contributed by atoms with Crippen LogP contribution in [-0.2, 0) is 22.5 Å². The van der Waals surface area contributed by atoms with Gasteiger partial charge in [0.05, 0.1) is 16.9 Å². The molecule has 6 rings (SSSR count). The number of hydrogen-bond acceptors (Lipinski definition) is 3. The summed E-state index contributed by atoms with van der Waals surface area (Å²) in [4.78, 5) is 14.5. The zero-order valence-electron chi connectivity index (χ0n) is 17.7. The van der Waals surface area contributed by atoms with Gasteiger partial charge in [-0.1, -0.05) is 48.6 Å². The van der Waals surface area contributed by atoms with Gasteiger partial charge >= 0.3 is 5.97 Å². The van der Waals surface area contributed by atoms with E-state index in [2.05, 4.69) is 54.3 Å². The Morgan fingerprint density at radius 3 is 2.59 bits per heavy atom. The van der Waals surface area contributed by atoms with Gasteiger partial charge in [0.1, 0.15) is 0 Å². The van der Waals surface area contributed by atoms with Crippen LogP contribution in [0.5, 0.6) is 0 Å². The number of benzene rings is 1. The third-order valence-corrected chi connectivity index (χ3v) is 8.85. The molecule has 0 saturated heterocycles. The van der Waals surface area contributed by atoms with Crippen molar-refractivity contribution in [2.45, 2.75) is 65.3 Å². The summed E-state index contributed by atoms with van der Waals surface area (Å²) in [7, 11) is 0. The zero-order chi connectivity index (χ0) is 20.1. The first-order chi connectivity index (χ1) is 13.9. The number of esters is 1. The van der Waals surface area contributed by atoms with Crippen molar-refractivity contribution in [1.82, 2.24) is 0 Å². The molecule has 4 heteroatoms. The molecule has 0 aliphatic heterocycles. The van der Waals surface area contributed by atoms with Crippen molar-refractivity contribution in [2.24, 2.45) is 22.7 Å². The van der Waals surface area contributed by atoms with Gasteiger partial charge in [0.25, 0.3) is 0 Å². The Balaban J connectivity index is 1.19. The third-order valence-electron chi connectivity index (χ3n) is 7.70. The second-order valence-electron chi connectivity index (χ2n) is 10.3. The highest BCUT2D eigenvalue weighted by Gasteiger charge is 2.59. The molecule has 4 fully saturated rings. The van der Waals surface area contributed by atoms with Crippen molar-refractivity contribution in [2.75, 3.05) is 6.61 Å². The maximum atomic E-state index is 13.1. The Bertz CT molecular complexity index is 889. The first-order valence-electron chi connectivity index (χ1n) is 11.1. The van der Waals surface area contributed by atoms with Gasteiger partial charge in [0.2, 0.25) is 5.51 Å². The number of hydrogen-bond donors (Lipinski definition) is 0. The lowest BCUT2D eigenvalue weighted by molar-refractivity contribution is -0.689. The average molecular weight is 411 g/mol. The van der Waals surface area contributed by atoms with Crippen molar-refractivity contribution < 1.29 is 14.1 Å². The van der Waals surface area contributed by atoms with E-state index in [0.29, 0.717) is 12.0 Å². The Labute approximate surface area is 178 Å². The normalized spacial score (nSPS) is 32.5. The molecule has 0 N–H and O–H groups in total. The maximum absolute atomic E-state index is 13.1. The van der Waals surface area contributed by atoms with Crippen molar-refractivity contribution >= 4 is 17.3 Å². The van der Waals surface area contributed by atoms with Crippen molar-refractivity contribution in [3.05, 3.63) is 52.0 Å². The van der Waals surface area contributed by atoms with Gasteiger partial charge in [-0.15, -0.1) is 0 Å². The summed E-state index contributed by atoms with van der Waals surface area (Å²) in [6, 6.07) is 10.6. The van der Waals surface area contributed by atoms with Crippen LogP contribution in [0.2, 0.25) is 0 Å². The van der Waals surface area contributed by atoms with E-state index in [1.807, 2.05) is 0 Å². The summed E-state index contributed by atoms with van der Waals surface area (Å²) < 4.78 is 8.22. The molecule has 2 atom stereocenters. The number of thiazole rings is 1. The SMILES string of the molecule is Cc1c(CCOC(=O)C23C[C@@H]4C[C@H](CC(C)(C4)C2)C3)sc[n+]1Cc1ccccc1. The van der Waals surface area contributed by atoms with E-state index in [-0.39, 0.29) is 11.4 Å². The fourth-order valence-electron chi connectivity index (χ4n) is 6.98. The third kappa shape index (κ3) is 3.65. The lowest BCUT2D eigenvalue weighted by atomic mass is 9.44. The van der Waals surface area contributed by atoms with E-state index in [1.165, 1.54) is 35.4 Å². The van der Waals surface area contributed by atoms with Crippen LogP contribution in [0.15, 0.2) is 35.8 Å². The lowest BCUT2D eigenvalue weighted by Crippen LogP contribution is -2.54. The van der Waals surface area contributed by atoms with E-state index in [9.17, 15) is 4.79 Å². The monoisotopic (exact) mass is 410 g/mol. The van der Waals surface area contributed by atoms with Gasteiger partial charge in [-0.25, -0.2) is 0 Å². The quantitative estimate of drug-likeness (QED) is 0.491. The molecule has 29 heavy (non-hydrogen) atoms. The van der Waals surface area contributed by atoms with Gasteiger partial charge in [0, 0.05) is 18.9 Å². The molecular formula is C25H32NO2S+. The fourth-order valence-corrected chi connectivity index (χ4v) is 7.95. The van der Waals surface area contributed by atoms with Crippen LogP contribution in [0.25, 0.3) is 0 Å². The van der Waals surface area contributed by atoms with E-state index in [0.717, 1.165) is 44.1 Å². The largest absolute Gasteiger partial charge is 0.465 e. The molecule has 2 aromatic rings. The molecule has 0 amide bonds. The van der Waals surface area contributed by atoms with Crippen LogP contribution < -0.4 is 4.57 Å². The van der Waals surface area contributed by atoms with Crippen LogP contribution in [-0.4, -0.2) is 12.6 Å². The minimum atomic E-state index is -0.170. The van der Waals surface area contributed by atoms with Crippen LogP contribution in [0.4, 0.5) is 0 Å². The molecular weight excluding hydrogens is 378 g/mol. The molecule has 154 valence electrons. The van der Waals surface area contributed by atoms with Gasteiger partial charge in [0.15, 0.2) is 12.2 Å². The highest BCUT2D eigenvalue weighted by atomic mass is 32.1. The summed E-state index contributed by atoms with van der Waals surface area (Å²) in [5, 5.41) is 0. The predicted octanol–water partition coefficient (Wildman–Crippen LogP) is 5.08. The molecule has 1 aromatic carbocycles. The number of carbonyl (C=O) groups excluding carboxylic acids is 1. The minimum absolute atomic E-state index is 0.101. The van der Waals surface area contributed by atoms with E-state index < -0.39 is 0 Å². The van der Waals surface area contributed by atoms with E-state index in [4.69, 9.17) is 4.74 Å². The highest BCUT2D eigenvalue weighted by Crippen LogP contribution is 2.65. The smallest absolute Gasteiger partial charge is 0.312 e. The summed E-state index contributed by atoms with van der Waals surface area (Å²) >= 11 is 1.78. The Morgan fingerprint density at radius 2 is 1.90 bits per heavy atom. The predicted molar refractivity (Wildman–Crippen MR) is 115 cm³/mol. The van der Waals surface area contributed by atoms with Crippen LogP contribution in [0.3, 0.4) is 0 Å².